The number of hydrogen-bond donors (Lipinski definition) is 0. The van der Waals surface area contributed by atoms with Gasteiger partial charge in [0.1, 0.15) is 12.4 Å². The molecule has 3 rings (SSSR count). The molecule has 0 saturated carbocycles. The molecule has 0 saturated heterocycles. The van der Waals surface area contributed by atoms with Gasteiger partial charge in [0.2, 0.25) is 0 Å². The van der Waals surface area contributed by atoms with E-state index in [2.05, 4.69) is 6.07 Å². The minimum atomic E-state index is -0.324. The zero-order chi connectivity index (χ0) is 21.0. The monoisotopic (exact) mass is 465 g/mol. The first-order valence-corrected chi connectivity index (χ1v) is 9.82. The molecular formula is C22H12Cl4FNO. The Labute approximate surface area is 187 Å². The van der Waals surface area contributed by atoms with Gasteiger partial charge < -0.3 is 4.74 Å². The Bertz CT molecular complexity index is 1100. The Morgan fingerprint density at radius 1 is 0.931 bits per heavy atom. The fourth-order valence-electron chi connectivity index (χ4n) is 2.58. The van der Waals surface area contributed by atoms with Crippen molar-refractivity contribution in [2.45, 2.75) is 6.61 Å². The number of rotatable bonds is 5. The molecule has 0 N–H and O–H groups in total. The van der Waals surface area contributed by atoms with Crippen LogP contribution in [0.3, 0.4) is 0 Å². The van der Waals surface area contributed by atoms with E-state index in [-0.39, 0.29) is 22.5 Å². The summed E-state index contributed by atoms with van der Waals surface area (Å²) in [6.45, 7) is 0.179. The number of halogens is 5. The molecule has 0 aliphatic heterocycles. The third kappa shape index (κ3) is 5.44. The van der Waals surface area contributed by atoms with Crippen LogP contribution in [0.15, 0.2) is 54.6 Å². The summed E-state index contributed by atoms with van der Waals surface area (Å²) >= 11 is 24.8. The lowest BCUT2D eigenvalue weighted by molar-refractivity contribution is 0.306. The zero-order valence-electron chi connectivity index (χ0n) is 14.7. The van der Waals surface area contributed by atoms with Crippen molar-refractivity contribution in [1.82, 2.24) is 0 Å². The fraction of sp³-hybridized carbons (Fsp3) is 0.0455. The first-order chi connectivity index (χ1) is 13.9. The second kappa shape index (κ2) is 9.52. The summed E-state index contributed by atoms with van der Waals surface area (Å²) in [5, 5.41) is 10.9. The topological polar surface area (TPSA) is 33.0 Å². The van der Waals surface area contributed by atoms with E-state index in [0.717, 1.165) is 5.56 Å². The van der Waals surface area contributed by atoms with Crippen LogP contribution in [0.25, 0.3) is 11.6 Å². The number of nitriles is 1. The molecule has 0 spiro atoms. The molecule has 3 aromatic rings. The van der Waals surface area contributed by atoms with Crippen LogP contribution in [-0.4, -0.2) is 0 Å². The van der Waals surface area contributed by atoms with Crippen LogP contribution in [0, 0.1) is 17.1 Å². The van der Waals surface area contributed by atoms with E-state index in [4.69, 9.17) is 51.1 Å². The number of nitrogens with zero attached hydrogens (tertiary/aromatic N) is 1. The minimum absolute atomic E-state index is 0.179. The van der Waals surface area contributed by atoms with E-state index in [1.54, 1.807) is 48.5 Å². The largest absolute Gasteiger partial charge is 0.486 e. The lowest BCUT2D eigenvalue weighted by Crippen LogP contribution is -1.97. The molecule has 3 aromatic carbocycles. The van der Waals surface area contributed by atoms with Gasteiger partial charge in [-0.1, -0.05) is 64.6 Å². The molecule has 0 aliphatic rings. The molecule has 0 bridgehead atoms. The van der Waals surface area contributed by atoms with Gasteiger partial charge in [0.15, 0.2) is 5.75 Å². The first kappa shape index (κ1) is 21.5. The highest BCUT2D eigenvalue weighted by Crippen LogP contribution is 2.36. The second-order valence-corrected chi connectivity index (χ2v) is 7.68. The van der Waals surface area contributed by atoms with Crippen LogP contribution in [0.4, 0.5) is 4.39 Å². The smallest absolute Gasteiger partial charge is 0.157 e. The molecule has 0 aliphatic carbocycles. The third-order valence-electron chi connectivity index (χ3n) is 3.97. The minimum Gasteiger partial charge on any atom is -0.486 e. The third-order valence-corrected chi connectivity index (χ3v) is 5.08. The van der Waals surface area contributed by atoms with Crippen LogP contribution in [-0.2, 0) is 6.61 Å². The highest BCUT2D eigenvalue weighted by atomic mass is 35.5. The normalized spacial score (nSPS) is 11.2. The lowest BCUT2D eigenvalue weighted by atomic mass is 10.0. The highest BCUT2D eigenvalue weighted by molar-refractivity contribution is 6.37. The number of benzene rings is 3. The molecule has 0 unspecified atom stereocenters. The first-order valence-electron chi connectivity index (χ1n) is 8.31. The Kier molecular flexibility index (Phi) is 7.05. The predicted molar refractivity (Wildman–Crippen MR) is 117 cm³/mol. The maximum Gasteiger partial charge on any atom is 0.157 e. The van der Waals surface area contributed by atoms with Crippen molar-refractivity contribution < 1.29 is 9.13 Å². The van der Waals surface area contributed by atoms with Gasteiger partial charge in [0.25, 0.3) is 0 Å². The summed E-state index contributed by atoms with van der Waals surface area (Å²) in [4.78, 5) is 0. The van der Waals surface area contributed by atoms with Crippen molar-refractivity contribution in [2.24, 2.45) is 0 Å². The summed E-state index contributed by atoms with van der Waals surface area (Å²) in [6, 6.07) is 16.2. The van der Waals surface area contributed by atoms with Crippen molar-refractivity contribution in [3.63, 3.8) is 0 Å². The Morgan fingerprint density at radius 2 is 1.59 bits per heavy atom. The van der Waals surface area contributed by atoms with Crippen LogP contribution >= 0.6 is 46.4 Å². The summed E-state index contributed by atoms with van der Waals surface area (Å²) < 4.78 is 18.7. The van der Waals surface area contributed by atoms with Crippen molar-refractivity contribution >= 4 is 58.1 Å². The Hall–Kier alpha value is -2.22. The van der Waals surface area contributed by atoms with Crippen LogP contribution in [0.1, 0.15) is 16.7 Å². The maximum absolute atomic E-state index is 13.0. The van der Waals surface area contributed by atoms with Crippen molar-refractivity contribution in [2.75, 3.05) is 0 Å². The summed E-state index contributed by atoms with van der Waals surface area (Å²) in [7, 11) is 0. The van der Waals surface area contributed by atoms with Gasteiger partial charge in [-0.25, -0.2) is 4.39 Å². The van der Waals surface area contributed by atoms with Crippen LogP contribution in [0.5, 0.6) is 5.75 Å². The van der Waals surface area contributed by atoms with E-state index < -0.39 is 0 Å². The van der Waals surface area contributed by atoms with Crippen molar-refractivity contribution in [3.05, 3.63) is 97.2 Å². The molecule has 0 heterocycles. The van der Waals surface area contributed by atoms with Gasteiger partial charge in [-0.05, 0) is 53.6 Å². The molecule has 29 heavy (non-hydrogen) atoms. The summed E-state index contributed by atoms with van der Waals surface area (Å²) in [6.07, 6.45) is 1.62. The average molecular weight is 467 g/mol. The van der Waals surface area contributed by atoms with Gasteiger partial charge in [-0.3, -0.25) is 0 Å². The second-order valence-electron chi connectivity index (χ2n) is 6.02. The van der Waals surface area contributed by atoms with Crippen LogP contribution < -0.4 is 4.74 Å². The molecular weight excluding hydrogens is 455 g/mol. The molecule has 0 atom stereocenters. The molecule has 0 radical (unpaired) electrons. The zero-order valence-corrected chi connectivity index (χ0v) is 17.7. The van der Waals surface area contributed by atoms with Crippen molar-refractivity contribution in [3.8, 4) is 11.8 Å². The summed E-state index contributed by atoms with van der Waals surface area (Å²) in [5.74, 6) is -0.0205. The van der Waals surface area contributed by atoms with E-state index >= 15 is 0 Å². The van der Waals surface area contributed by atoms with Crippen LogP contribution in [0.2, 0.25) is 20.1 Å². The average Bonchev–Trinajstić information content (AvgIpc) is 2.67. The molecule has 146 valence electrons. The number of ether oxygens (including phenoxy) is 1. The van der Waals surface area contributed by atoms with E-state index in [1.165, 1.54) is 12.1 Å². The quantitative estimate of drug-likeness (QED) is 0.281. The predicted octanol–water partition coefficient (Wildman–Crippen LogP) is 8.08. The number of allylic oxidation sites excluding steroid dienone is 1. The van der Waals surface area contributed by atoms with Gasteiger partial charge in [-0.15, -0.1) is 0 Å². The molecule has 0 aromatic heterocycles. The van der Waals surface area contributed by atoms with Gasteiger partial charge in [-0.2, -0.15) is 5.26 Å². The van der Waals surface area contributed by atoms with E-state index in [0.29, 0.717) is 32.5 Å². The molecule has 7 heteroatoms. The number of hydrogen-bond acceptors (Lipinski definition) is 2. The van der Waals surface area contributed by atoms with Crippen molar-refractivity contribution in [1.29, 1.82) is 5.26 Å². The Morgan fingerprint density at radius 3 is 2.17 bits per heavy atom. The fourth-order valence-corrected chi connectivity index (χ4v) is 3.71. The van der Waals surface area contributed by atoms with Gasteiger partial charge in [0, 0.05) is 10.6 Å². The summed E-state index contributed by atoms with van der Waals surface area (Å²) in [5.41, 5.74) is 2.25. The molecule has 0 fully saturated rings. The Balaban J connectivity index is 1.86. The maximum atomic E-state index is 13.0. The standard InChI is InChI=1S/C22H12Cl4FNO/c23-16-3-6-18(19(24)10-16)15(11-28)7-14-8-20(25)22(21(26)9-14)29-12-13-1-4-17(27)5-2-13/h1-10H,12H2/b15-7+. The van der Waals surface area contributed by atoms with Gasteiger partial charge in [0.05, 0.1) is 26.7 Å². The molecule has 2 nitrogen and oxygen atoms in total. The SMILES string of the molecule is N#C/C(=C\c1cc(Cl)c(OCc2ccc(F)cc2)c(Cl)c1)c1ccc(Cl)cc1Cl. The highest BCUT2D eigenvalue weighted by Gasteiger charge is 2.12. The van der Waals surface area contributed by atoms with Gasteiger partial charge >= 0.3 is 0 Å². The van der Waals surface area contributed by atoms with E-state index in [1.807, 2.05) is 0 Å². The lowest BCUT2D eigenvalue weighted by Gasteiger charge is -2.11. The van der Waals surface area contributed by atoms with E-state index in [9.17, 15) is 9.65 Å². The molecule has 0 amide bonds.